The molecular weight excluding hydrogens is 450 g/mol. The third kappa shape index (κ3) is 7.22. The minimum atomic E-state index is -0.227. The SMILES string of the molecule is Cc1ccc(C(C)C)c(OCC(=O)NCc2nnc(SCC(=O)N[C@@H]3CCCC[C@H]3C)n2C)c1. The van der Waals surface area contributed by atoms with Gasteiger partial charge < -0.3 is 19.9 Å². The lowest BCUT2D eigenvalue weighted by atomic mass is 9.86. The Balaban J connectivity index is 1.44. The summed E-state index contributed by atoms with van der Waals surface area (Å²) in [6, 6.07) is 6.32. The molecule has 1 aromatic carbocycles. The van der Waals surface area contributed by atoms with E-state index in [1.165, 1.54) is 31.0 Å². The van der Waals surface area contributed by atoms with Crippen LogP contribution in [0.15, 0.2) is 23.4 Å². The van der Waals surface area contributed by atoms with Gasteiger partial charge in [-0.2, -0.15) is 0 Å². The van der Waals surface area contributed by atoms with Crippen LogP contribution in [-0.2, 0) is 23.2 Å². The first-order chi connectivity index (χ1) is 16.2. The van der Waals surface area contributed by atoms with E-state index in [9.17, 15) is 9.59 Å². The van der Waals surface area contributed by atoms with Gasteiger partial charge in [0.2, 0.25) is 5.91 Å². The van der Waals surface area contributed by atoms with Gasteiger partial charge in [0.15, 0.2) is 17.6 Å². The molecule has 2 N–H and O–H groups in total. The minimum Gasteiger partial charge on any atom is -0.483 e. The van der Waals surface area contributed by atoms with Crippen molar-refractivity contribution in [3.05, 3.63) is 35.2 Å². The monoisotopic (exact) mass is 487 g/mol. The summed E-state index contributed by atoms with van der Waals surface area (Å²) in [6.45, 7) is 8.57. The fraction of sp³-hybridized carbons (Fsp3) is 0.600. The van der Waals surface area contributed by atoms with E-state index in [1.54, 1.807) is 4.57 Å². The average Bonchev–Trinajstić information content (AvgIpc) is 3.15. The van der Waals surface area contributed by atoms with E-state index in [-0.39, 0.29) is 31.0 Å². The van der Waals surface area contributed by atoms with Gasteiger partial charge in [0.1, 0.15) is 5.75 Å². The predicted octanol–water partition coefficient (Wildman–Crippen LogP) is 3.73. The zero-order chi connectivity index (χ0) is 24.7. The van der Waals surface area contributed by atoms with Gasteiger partial charge in [0.05, 0.1) is 12.3 Å². The van der Waals surface area contributed by atoms with Crippen LogP contribution in [-0.4, -0.2) is 45.0 Å². The molecule has 0 radical (unpaired) electrons. The maximum absolute atomic E-state index is 12.4. The number of nitrogens with one attached hydrogen (secondary N) is 2. The molecule has 1 aromatic heterocycles. The second kappa shape index (κ2) is 12.2. The van der Waals surface area contributed by atoms with E-state index >= 15 is 0 Å². The Kier molecular flexibility index (Phi) is 9.38. The van der Waals surface area contributed by atoms with Gasteiger partial charge in [-0.15, -0.1) is 10.2 Å². The lowest BCUT2D eigenvalue weighted by Gasteiger charge is -2.29. The fourth-order valence-electron chi connectivity index (χ4n) is 4.15. The topological polar surface area (TPSA) is 98.1 Å². The van der Waals surface area contributed by atoms with Crippen LogP contribution in [0.25, 0.3) is 0 Å². The minimum absolute atomic E-state index is 0.0238. The zero-order valence-electron chi connectivity index (χ0n) is 20.9. The Labute approximate surface area is 206 Å². The fourth-order valence-corrected chi connectivity index (χ4v) is 4.89. The Morgan fingerprint density at radius 1 is 1.21 bits per heavy atom. The van der Waals surface area contributed by atoms with Crippen molar-refractivity contribution in [2.75, 3.05) is 12.4 Å². The van der Waals surface area contributed by atoms with Gasteiger partial charge in [-0.25, -0.2) is 0 Å². The number of amides is 2. The van der Waals surface area contributed by atoms with Crippen LogP contribution in [0.1, 0.15) is 69.3 Å². The highest BCUT2D eigenvalue weighted by Crippen LogP contribution is 2.27. The number of aryl methyl sites for hydroxylation is 1. The van der Waals surface area contributed by atoms with Crippen LogP contribution >= 0.6 is 11.8 Å². The van der Waals surface area contributed by atoms with Crippen molar-refractivity contribution >= 4 is 23.6 Å². The standard InChI is InChI=1S/C25H37N5O3S/c1-16(2)19-11-10-17(3)12-21(19)33-14-23(31)26-13-22-28-29-25(30(22)5)34-15-24(32)27-20-9-7-6-8-18(20)4/h10-12,16,18,20H,6-9,13-15H2,1-5H3,(H,26,31)(H,27,32)/t18-,20-/m1/s1. The third-order valence-corrected chi connectivity index (χ3v) is 7.33. The lowest BCUT2D eigenvalue weighted by Crippen LogP contribution is -2.41. The maximum Gasteiger partial charge on any atom is 0.258 e. The van der Waals surface area contributed by atoms with Gasteiger partial charge in [-0.3, -0.25) is 9.59 Å². The molecule has 0 bridgehead atoms. The van der Waals surface area contributed by atoms with Crippen molar-refractivity contribution in [3.8, 4) is 5.75 Å². The molecule has 186 valence electrons. The van der Waals surface area contributed by atoms with E-state index in [4.69, 9.17) is 4.74 Å². The van der Waals surface area contributed by atoms with Gasteiger partial charge in [-0.1, -0.05) is 57.5 Å². The molecule has 2 atom stereocenters. The first kappa shape index (κ1) is 26.1. The number of rotatable bonds is 10. The number of ether oxygens (including phenoxy) is 1. The third-order valence-electron chi connectivity index (χ3n) is 6.31. The number of hydrogen-bond acceptors (Lipinski definition) is 6. The van der Waals surface area contributed by atoms with E-state index < -0.39 is 0 Å². The molecule has 1 heterocycles. The molecule has 9 heteroatoms. The Bertz CT molecular complexity index is 991. The number of carbonyl (C=O) groups excluding carboxylic acids is 2. The zero-order valence-corrected chi connectivity index (χ0v) is 21.7. The van der Waals surface area contributed by atoms with Crippen molar-refractivity contribution in [2.45, 2.75) is 77.0 Å². The second-order valence-electron chi connectivity index (χ2n) is 9.44. The largest absolute Gasteiger partial charge is 0.483 e. The number of benzene rings is 1. The first-order valence-corrected chi connectivity index (χ1v) is 13.0. The Hall–Kier alpha value is -2.55. The van der Waals surface area contributed by atoms with Gasteiger partial charge in [0, 0.05) is 13.1 Å². The molecule has 0 saturated heterocycles. The summed E-state index contributed by atoms with van der Waals surface area (Å²) < 4.78 is 7.60. The first-order valence-electron chi connectivity index (χ1n) is 12.0. The molecule has 1 fully saturated rings. The highest BCUT2D eigenvalue weighted by molar-refractivity contribution is 7.99. The molecule has 1 aliphatic carbocycles. The molecular formula is C25H37N5O3S. The molecule has 0 spiro atoms. The molecule has 0 aliphatic heterocycles. The summed E-state index contributed by atoms with van der Waals surface area (Å²) in [5.41, 5.74) is 2.17. The van der Waals surface area contributed by atoms with E-state index in [0.717, 1.165) is 23.3 Å². The Morgan fingerprint density at radius 2 is 1.97 bits per heavy atom. The van der Waals surface area contributed by atoms with Crippen LogP contribution in [0, 0.1) is 12.8 Å². The van der Waals surface area contributed by atoms with Crippen molar-refractivity contribution in [1.82, 2.24) is 25.4 Å². The van der Waals surface area contributed by atoms with Crippen LogP contribution < -0.4 is 15.4 Å². The highest BCUT2D eigenvalue weighted by Gasteiger charge is 2.23. The van der Waals surface area contributed by atoms with Crippen molar-refractivity contribution < 1.29 is 14.3 Å². The quantitative estimate of drug-likeness (QED) is 0.496. The summed E-state index contributed by atoms with van der Waals surface area (Å²) in [7, 11) is 1.84. The number of nitrogens with zero attached hydrogens (tertiary/aromatic N) is 3. The molecule has 1 aliphatic rings. The molecule has 8 nitrogen and oxygen atoms in total. The van der Waals surface area contributed by atoms with E-state index in [0.29, 0.717) is 28.6 Å². The Morgan fingerprint density at radius 3 is 2.71 bits per heavy atom. The number of aromatic nitrogens is 3. The van der Waals surface area contributed by atoms with Crippen LogP contribution in [0.4, 0.5) is 0 Å². The van der Waals surface area contributed by atoms with Crippen LogP contribution in [0.3, 0.4) is 0 Å². The number of carbonyl (C=O) groups is 2. The maximum atomic E-state index is 12.4. The van der Waals surface area contributed by atoms with E-state index in [2.05, 4.69) is 41.6 Å². The number of hydrogen-bond donors (Lipinski definition) is 2. The molecule has 34 heavy (non-hydrogen) atoms. The van der Waals surface area contributed by atoms with E-state index in [1.807, 2.05) is 32.2 Å². The molecule has 3 rings (SSSR count). The van der Waals surface area contributed by atoms with Crippen LogP contribution in [0.2, 0.25) is 0 Å². The van der Waals surface area contributed by atoms with Crippen LogP contribution in [0.5, 0.6) is 5.75 Å². The lowest BCUT2D eigenvalue weighted by molar-refractivity contribution is -0.123. The predicted molar refractivity (Wildman–Crippen MR) is 134 cm³/mol. The normalized spacial score (nSPS) is 18.1. The molecule has 0 unspecified atom stereocenters. The van der Waals surface area contributed by atoms with Crippen molar-refractivity contribution in [1.29, 1.82) is 0 Å². The molecule has 1 saturated carbocycles. The van der Waals surface area contributed by atoms with Crippen molar-refractivity contribution in [2.24, 2.45) is 13.0 Å². The smallest absolute Gasteiger partial charge is 0.258 e. The summed E-state index contributed by atoms with van der Waals surface area (Å²) in [4.78, 5) is 24.7. The van der Waals surface area contributed by atoms with Crippen molar-refractivity contribution in [3.63, 3.8) is 0 Å². The average molecular weight is 488 g/mol. The summed E-state index contributed by atoms with van der Waals surface area (Å²) in [5, 5.41) is 15.0. The molecule has 2 amide bonds. The van der Waals surface area contributed by atoms with Gasteiger partial charge >= 0.3 is 0 Å². The van der Waals surface area contributed by atoms with Gasteiger partial charge in [0.25, 0.3) is 5.91 Å². The molecule has 2 aromatic rings. The summed E-state index contributed by atoms with van der Waals surface area (Å²) in [5.74, 6) is 2.29. The summed E-state index contributed by atoms with van der Waals surface area (Å²) >= 11 is 1.35. The summed E-state index contributed by atoms with van der Waals surface area (Å²) in [6.07, 6.45) is 4.65. The number of thioether (sulfide) groups is 1. The van der Waals surface area contributed by atoms with Gasteiger partial charge in [-0.05, 0) is 48.8 Å². The second-order valence-corrected chi connectivity index (χ2v) is 10.4. The highest BCUT2D eigenvalue weighted by atomic mass is 32.2.